The van der Waals surface area contributed by atoms with Gasteiger partial charge in [-0.1, -0.05) is 18.2 Å². The number of fused-ring (bicyclic) bond motifs is 1. The molecule has 0 saturated heterocycles. The van der Waals surface area contributed by atoms with Crippen LogP contribution in [0.15, 0.2) is 29.2 Å². The van der Waals surface area contributed by atoms with Gasteiger partial charge in [-0.15, -0.1) is 13.2 Å². The van der Waals surface area contributed by atoms with Crippen LogP contribution in [0.1, 0.15) is 0 Å². The molecule has 18 heavy (non-hydrogen) atoms. The van der Waals surface area contributed by atoms with Crippen LogP contribution in [0.4, 0.5) is 13.2 Å². The van der Waals surface area contributed by atoms with Gasteiger partial charge >= 0.3 is 16.5 Å². The van der Waals surface area contributed by atoms with Gasteiger partial charge < -0.3 is 9.72 Å². The number of ether oxygens (including phenoxy) is 1. The van der Waals surface area contributed by atoms with E-state index in [0.29, 0.717) is 0 Å². The highest BCUT2D eigenvalue weighted by Crippen LogP contribution is 2.35. The lowest BCUT2D eigenvalue weighted by atomic mass is 10.2. The summed E-state index contributed by atoms with van der Waals surface area (Å²) in [5.41, 5.74) is 0.101. The molecule has 98 valence electrons. The van der Waals surface area contributed by atoms with Gasteiger partial charge in [-0.05, 0) is 6.07 Å². The smallest absolute Gasteiger partial charge is 0.388 e. The Balaban J connectivity index is 2.73. The largest absolute Gasteiger partial charge is 0.574 e. The molecule has 0 aliphatic heterocycles. The molecular formula is C9H6F3NO4S. The number of halogens is 3. The number of aromatic amines is 1. The van der Waals surface area contributed by atoms with Crippen LogP contribution in [0.5, 0.6) is 5.88 Å². The van der Waals surface area contributed by atoms with E-state index in [1.54, 1.807) is 0 Å². The number of rotatable bonds is 2. The van der Waals surface area contributed by atoms with Crippen LogP contribution >= 0.6 is 0 Å². The zero-order valence-electron chi connectivity index (χ0n) is 8.52. The molecule has 0 aliphatic carbocycles. The zero-order chi connectivity index (χ0) is 13.6. The number of alkyl halides is 3. The maximum absolute atomic E-state index is 12.1. The van der Waals surface area contributed by atoms with Crippen molar-refractivity contribution >= 4 is 21.0 Å². The van der Waals surface area contributed by atoms with E-state index in [2.05, 4.69) is 9.72 Å². The summed E-state index contributed by atoms with van der Waals surface area (Å²) in [6.07, 6.45) is -5.07. The normalized spacial score (nSPS) is 12.9. The molecule has 2 aromatic rings. The minimum atomic E-state index is -5.07. The Labute approximate surface area is 98.9 Å². The first kappa shape index (κ1) is 12.7. The fraction of sp³-hybridized carbons (Fsp3) is 0.111. The van der Waals surface area contributed by atoms with E-state index in [-0.39, 0.29) is 10.9 Å². The van der Waals surface area contributed by atoms with Crippen molar-refractivity contribution in [2.24, 2.45) is 0 Å². The summed E-state index contributed by atoms with van der Waals surface area (Å²) < 4.78 is 71.1. The van der Waals surface area contributed by atoms with E-state index >= 15 is 0 Å². The van der Waals surface area contributed by atoms with Gasteiger partial charge in [0, 0.05) is 10.9 Å². The van der Waals surface area contributed by atoms with Crippen molar-refractivity contribution in [3.63, 3.8) is 0 Å². The molecule has 0 unspecified atom stereocenters. The highest BCUT2D eigenvalue weighted by Gasteiger charge is 2.36. The van der Waals surface area contributed by atoms with Crippen molar-refractivity contribution in [2.45, 2.75) is 11.3 Å². The van der Waals surface area contributed by atoms with E-state index in [4.69, 9.17) is 4.55 Å². The quantitative estimate of drug-likeness (QED) is 0.828. The summed E-state index contributed by atoms with van der Waals surface area (Å²) in [7, 11) is -4.85. The fourth-order valence-electron chi connectivity index (χ4n) is 1.54. The number of hydrogen-bond donors (Lipinski definition) is 2. The molecule has 1 aromatic carbocycles. The lowest BCUT2D eigenvalue weighted by Crippen LogP contribution is -2.18. The van der Waals surface area contributed by atoms with Crippen molar-refractivity contribution in [2.75, 3.05) is 0 Å². The molecule has 2 rings (SSSR count). The number of para-hydroxylation sites is 1. The van der Waals surface area contributed by atoms with E-state index < -0.39 is 27.3 Å². The fourth-order valence-corrected chi connectivity index (χ4v) is 2.32. The summed E-state index contributed by atoms with van der Waals surface area (Å²) in [6.45, 7) is 0. The molecule has 9 heteroatoms. The molecule has 0 saturated carbocycles. The molecule has 1 heterocycles. The van der Waals surface area contributed by atoms with Crippen LogP contribution in [-0.4, -0.2) is 24.3 Å². The molecule has 5 nitrogen and oxygen atoms in total. The van der Waals surface area contributed by atoms with E-state index in [1.165, 1.54) is 24.3 Å². The highest BCUT2D eigenvalue weighted by molar-refractivity contribution is 7.86. The monoisotopic (exact) mass is 281 g/mol. The molecule has 0 spiro atoms. The van der Waals surface area contributed by atoms with E-state index in [1.807, 2.05) is 0 Å². The second kappa shape index (κ2) is 3.89. The van der Waals surface area contributed by atoms with Gasteiger partial charge in [0.15, 0.2) is 4.90 Å². The number of hydrogen-bond acceptors (Lipinski definition) is 3. The van der Waals surface area contributed by atoms with Gasteiger partial charge in [-0.3, -0.25) is 4.55 Å². The molecular weight excluding hydrogens is 275 g/mol. The van der Waals surface area contributed by atoms with Gasteiger partial charge in [-0.25, -0.2) is 0 Å². The second-order valence-corrected chi connectivity index (χ2v) is 4.71. The van der Waals surface area contributed by atoms with Crippen LogP contribution < -0.4 is 4.74 Å². The van der Waals surface area contributed by atoms with Crippen molar-refractivity contribution in [1.29, 1.82) is 0 Å². The van der Waals surface area contributed by atoms with Crippen LogP contribution in [0, 0.1) is 0 Å². The van der Waals surface area contributed by atoms with Gasteiger partial charge in [0.2, 0.25) is 5.88 Å². The number of H-pyrrole nitrogens is 1. The van der Waals surface area contributed by atoms with Gasteiger partial charge in [-0.2, -0.15) is 8.42 Å². The summed E-state index contributed by atoms with van der Waals surface area (Å²) in [6, 6.07) is 5.51. The Morgan fingerprint density at radius 3 is 2.39 bits per heavy atom. The maximum atomic E-state index is 12.1. The van der Waals surface area contributed by atoms with Crippen molar-refractivity contribution in [3.8, 4) is 5.88 Å². The topological polar surface area (TPSA) is 79.4 Å². The summed E-state index contributed by atoms with van der Waals surface area (Å²) in [5.74, 6) is -1.06. The minimum Gasteiger partial charge on any atom is -0.388 e. The maximum Gasteiger partial charge on any atom is 0.574 e. The van der Waals surface area contributed by atoms with Crippen LogP contribution in [-0.2, 0) is 10.1 Å². The average molecular weight is 281 g/mol. The Morgan fingerprint density at radius 2 is 1.83 bits per heavy atom. The third kappa shape index (κ3) is 2.41. The van der Waals surface area contributed by atoms with Gasteiger partial charge in [0.25, 0.3) is 0 Å². The van der Waals surface area contributed by atoms with Gasteiger partial charge in [0.1, 0.15) is 0 Å². The summed E-state index contributed by atoms with van der Waals surface area (Å²) in [4.78, 5) is 1.21. The third-order valence-electron chi connectivity index (χ3n) is 2.10. The number of aromatic nitrogens is 1. The van der Waals surface area contributed by atoms with Crippen molar-refractivity contribution < 1.29 is 30.9 Å². The van der Waals surface area contributed by atoms with Crippen molar-refractivity contribution in [3.05, 3.63) is 24.3 Å². The first-order chi connectivity index (χ1) is 8.18. The van der Waals surface area contributed by atoms with Crippen LogP contribution in [0.3, 0.4) is 0 Å². The lowest BCUT2D eigenvalue weighted by molar-refractivity contribution is -0.276. The number of benzene rings is 1. The Hall–Kier alpha value is -1.74. The standard InChI is InChI=1S/C9H6F3NO4S/c10-9(11,12)17-8-7(18(14,15)16)5-3-1-2-4-6(5)13-8/h1-4,13H,(H,14,15,16). The van der Waals surface area contributed by atoms with E-state index in [9.17, 15) is 21.6 Å². The molecule has 0 bridgehead atoms. The van der Waals surface area contributed by atoms with Crippen LogP contribution in [0.25, 0.3) is 10.9 Å². The zero-order valence-corrected chi connectivity index (χ0v) is 9.34. The lowest BCUT2D eigenvalue weighted by Gasteiger charge is -2.07. The summed E-state index contributed by atoms with van der Waals surface area (Å²) >= 11 is 0. The molecule has 0 radical (unpaired) electrons. The summed E-state index contributed by atoms with van der Waals surface area (Å²) in [5, 5.41) is -0.0840. The minimum absolute atomic E-state index is 0.0840. The molecule has 1 aromatic heterocycles. The molecule has 0 fully saturated rings. The first-order valence-corrected chi connectivity index (χ1v) is 5.96. The molecule has 2 N–H and O–H groups in total. The molecule has 0 atom stereocenters. The Morgan fingerprint density at radius 1 is 1.22 bits per heavy atom. The van der Waals surface area contributed by atoms with Crippen molar-refractivity contribution in [1.82, 2.24) is 4.98 Å². The Kier molecular flexibility index (Phi) is 2.74. The predicted octanol–water partition coefficient (Wildman–Crippen LogP) is 2.31. The highest BCUT2D eigenvalue weighted by atomic mass is 32.2. The van der Waals surface area contributed by atoms with Gasteiger partial charge in [0.05, 0.1) is 0 Å². The van der Waals surface area contributed by atoms with E-state index in [0.717, 1.165) is 0 Å². The molecule has 0 aliphatic rings. The van der Waals surface area contributed by atoms with Crippen LogP contribution in [0.2, 0.25) is 0 Å². The second-order valence-electron chi connectivity index (χ2n) is 3.35. The Bertz CT molecular complexity index is 689. The number of nitrogens with one attached hydrogen (secondary N) is 1. The predicted molar refractivity (Wildman–Crippen MR) is 54.8 cm³/mol. The SMILES string of the molecule is O=S(=O)(O)c1c(OC(F)(F)F)[nH]c2ccccc12. The first-order valence-electron chi connectivity index (χ1n) is 4.52. The molecule has 0 amide bonds. The third-order valence-corrected chi connectivity index (χ3v) is 3.02. The average Bonchev–Trinajstić information content (AvgIpc) is 2.50.